The Morgan fingerprint density at radius 3 is 2.93 bits per heavy atom. The van der Waals surface area contributed by atoms with E-state index in [9.17, 15) is 9.90 Å². The molecule has 0 radical (unpaired) electrons. The van der Waals surface area contributed by atoms with Crippen molar-refractivity contribution in [2.75, 3.05) is 0 Å². The third-order valence-corrected chi connectivity index (χ3v) is 2.58. The molecule has 2 N–H and O–H groups in total. The highest BCUT2D eigenvalue weighted by molar-refractivity contribution is 9.10. The number of halogens is 1. The Morgan fingerprint density at radius 2 is 2.27 bits per heavy atom. The van der Waals surface area contributed by atoms with Gasteiger partial charge in [-0.05, 0) is 25.1 Å². The van der Waals surface area contributed by atoms with Gasteiger partial charge in [0.1, 0.15) is 11.9 Å². The second-order valence-corrected chi connectivity index (χ2v) is 4.20. The molecule has 78 valence electrons. The minimum atomic E-state index is -0.777. The van der Waals surface area contributed by atoms with E-state index in [0.29, 0.717) is 10.9 Å². The van der Waals surface area contributed by atoms with Gasteiger partial charge in [0.2, 0.25) is 0 Å². The fourth-order valence-corrected chi connectivity index (χ4v) is 1.68. The van der Waals surface area contributed by atoms with Gasteiger partial charge in [-0.2, -0.15) is 0 Å². The summed E-state index contributed by atoms with van der Waals surface area (Å²) in [7, 11) is 0. The van der Waals surface area contributed by atoms with E-state index in [0.717, 1.165) is 4.47 Å². The number of benzene rings is 1. The molecule has 1 heterocycles. The number of aromatic amines is 1. The van der Waals surface area contributed by atoms with E-state index in [1.807, 2.05) is 0 Å². The predicted octanol–water partition coefficient (Wildman–Crippen LogP) is 1.74. The van der Waals surface area contributed by atoms with Crippen LogP contribution in [0.5, 0.6) is 0 Å². The molecular formula is C10H9BrN2O2. The van der Waals surface area contributed by atoms with Gasteiger partial charge in [-0.1, -0.05) is 15.9 Å². The van der Waals surface area contributed by atoms with E-state index in [2.05, 4.69) is 25.9 Å². The highest BCUT2D eigenvalue weighted by atomic mass is 79.9. The Morgan fingerprint density at radius 1 is 1.53 bits per heavy atom. The summed E-state index contributed by atoms with van der Waals surface area (Å²) in [5, 5.41) is 9.85. The lowest BCUT2D eigenvalue weighted by molar-refractivity contribution is 0.189. The maximum absolute atomic E-state index is 11.6. The van der Waals surface area contributed by atoms with Gasteiger partial charge in [-0.15, -0.1) is 0 Å². The lowest BCUT2D eigenvalue weighted by Gasteiger charge is -2.04. The molecule has 0 bridgehead atoms. The zero-order valence-electron chi connectivity index (χ0n) is 7.99. The van der Waals surface area contributed by atoms with Crippen LogP contribution in [0.25, 0.3) is 10.9 Å². The van der Waals surface area contributed by atoms with E-state index in [1.165, 1.54) is 0 Å². The standard InChI is InChI=1S/C10H9BrN2O2/c1-5(14)9-12-8-4-6(11)2-3-7(8)10(15)13-9/h2-5,14H,1H3,(H,12,13,15)/t5-/m1/s1. The molecule has 5 heteroatoms. The normalized spacial score (nSPS) is 13.0. The molecule has 0 amide bonds. The van der Waals surface area contributed by atoms with Crippen LogP contribution in [0.15, 0.2) is 27.5 Å². The first kappa shape index (κ1) is 10.3. The molecule has 1 aromatic carbocycles. The third-order valence-electron chi connectivity index (χ3n) is 2.08. The van der Waals surface area contributed by atoms with Crippen LogP contribution >= 0.6 is 15.9 Å². The summed E-state index contributed by atoms with van der Waals surface area (Å²) in [6, 6.07) is 5.22. The zero-order valence-corrected chi connectivity index (χ0v) is 9.58. The average Bonchev–Trinajstić information content (AvgIpc) is 2.16. The van der Waals surface area contributed by atoms with E-state index in [1.54, 1.807) is 25.1 Å². The van der Waals surface area contributed by atoms with Crippen molar-refractivity contribution in [1.82, 2.24) is 9.97 Å². The van der Waals surface area contributed by atoms with Crippen molar-refractivity contribution in [3.05, 3.63) is 38.9 Å². The molecule has 0 aliphatic rings. The Hall–Kier alpha value is -1.20. The lowest BCUT2D eigenvalue weighted by Crippen LogP contribution is -2.13. The first-order valence-corrected chi connectivity index (χ1v) is 5.25. The van der Waals surface area contributed by atoms with Crippen LogP contribution in [-0.4, -0.2) is 15.1 Å². The maximum atomic E-state index is 11.6. The SMILES string of the molecule is C[C@@H](O)c1nc2cc(Br)ccc2c(=O)[nH]1. The number of aliphatic hydroxyl groups excluding tert-OH is 1. The summed E-state index contributed by atoms with van der Waals surface area (Å²) in [4.78, 5) is 18.3. The minimum absolute atomic E-state index is 0.233. The summed E-state index contributed by atoms with van der Waals surface area (Å²) < 4.78 is 0.852. The van der Waals surface area contributed by atoms with E-state index >= 15 is 0 Å². The van der Waals surface area contributed by atoms with Crippen LogP contribution in [0.4, 0.5) is 0 Å². The molecule has 1 atom stereocenters. The van der Waals surface area contributed by atoms with Gasteiger partial charge in [0, 0.05) is 4.47 Å². The van der Waals surface area contributed by atoms with Crippen LogP contribution in [0.2, 0.25) is 0 Å². The number of hydrogen-bond acceptors (Lipinski definition) is 3. The minimum Gasteiger partial charge on any atom is -0.385 e. The van der Waals surface area contributed by atoms with E-state index in [-0.39, 0.29) is 11.4 Å². The smallest absolute Gasteiger partial charge is 0.258 e. The fraction of sp³-hybridized carbons (Fsp3) is 0.200. The summed E-state index contributed by atoms with van der Waals surface area (Å²) in [6.45, 7) is 1.56. The number of aromatic nitrogens is 2. The number of nitrogens with zero attached hydrogens (tertiary/aromatic N) is 1. The second-order valence-electron chi connectivity index (χ2n) is 3.29. The van der Waals surface area contributed by atoms with Gasteiger partial charge in [0.05, 0.1) is 10.9 Å². The van der Waals surface area contributed by atoms with Crippen LogP contribution in [-0.2, 0) is 0 Å². The first-order chi connectivity index (χ1) is 7.08. The quantitative estimate of drug-likeness (QED) is 0.828. The van der Waals surface area contributed by atoms with Crippen LogP contribution in [0.3, 0.4) is 0 Å². The molecule has 0 aliphatic heterocycles. The summed E-state index contributed by atoms with van der Waals surface area (Å²) in [5.74, 6) is 0.283. The monoisotopic (exact) mass is 268 g/mol. The third kappa shape index (κ3) is 1.93. The van der Waals surface area contributed by atoms with Crippen molar-refractivity contribution < 1.29 is 5.11 Å². The molecule has 2 aromatic rings. The Bertz CT molecular complexity index is 563. The molecule has 15 heavy (non-hydrogen) atoms. The zero-order chi connectivity index (χ0) is 11.0. The lowest BCUT2D eigenvalue weighted by atomic mass is 10.2. The number of nitrogens with one attached hydrogen (secondary N) is 1. The molecule has 0 saturated heterocycles. The molecule has 2 rings (SSSR count). The molecule has 4 nitrogen and oxygen atoms in total. The number of fused-ring (bicyclic) bond motifs is 1. The molecular weight excluding hydrogens is 260 g/mol. The predicted molar refractivity (Wildman–Crippen MR) is 60.7 cm³/mol. The molecule has 1 aromatic heterocycles. The largest absolute Gasteiger partial charge is 0.385 e. The van der Waals surface area contributed by atoms with Gasteiger partial charge in [-0.3, -0.25) is 4.79 Å². The second kappa shape index (κ2) is 3.75. The average molecular weight is 269 g/mol. The van der Waals surface area contributed by atoms with Gasteiger partial charge >= 0.3 is 0 Å². The van der Waals surface area contributed by atoms with Crippen LogP contribution in [0, 0.1) is 0 Å². The fourth-order valence-electron chi connectivity index (χ4n) is 1.33. The number of H-pyrrole nitrogens is 1. The van der Waals surface area contributed by atoms with Crippen molar-refractivity contribution in [2.24, 2.45) is 0 Å². The molecule has 0 saturated carbocycles. The number of hydrogen-bond donors (Lipinski definition) is 2. The summed E-state index contributed by atoms with van der Waals surface area (Å²) in [5.41, 5.74) is 0.340. The van der Waals surface area contributed by atoms with Gasteiger partial charge in [0.25, 0.3) is 5.56 Å². The Labute approximate surface area is 94.1 Å². The Balaban J connectivity index is 2.80. The van der Waals surface area contributed by atoms with Gasteiger partial charge < -0.3 is 10.1 Å². The molecule has 0 spiro atoms. The number of aliphatic hydroxyl groups is 1. The highest BCUT2D eigenvalue weighted by Crippen LogP contribution is 2.16. The topological polar surface area (TPSA) is 66.0 Å². The highest BCUT2D eigenvalue weighted by Gasteiger charge is 2.07. The first-order valence-electron chi connectivity index (χ1n) is 4.45. The van der Waals surface area contributed by atoms with E-state index < -0.39 is 6.10 Å². The molecule has 0 fully saturated rings. The van der Waals surface area contributed by atoms with Crippen molar-refractivity contribution in [2.45, 2.75) is 13.0 Å². The Kier molecular flexibility index (Phi) is 2.58. The van der Waals surface area contributed by atoms with Crippen molar-refractivity contribution in [3.63, 3.8) is 0 Å². The van der Waals surface area contributed by atoms with Gasteiger partial charge in [0.15, 0.2) is 0 Å². The number of rotatable bonds is 1. The molecule has 0 aliphatic carbocycles. The van der Waals surface area contributed by atoms with Crippen molar-refractivity contribution in [1.29, 1.82) is 0 Å². The van der Waals surface area contributed by atoms with Crippen LogP contribution < -0.4 is 5.56 Å². The van der Waals surface area contributed by atoms with Gasteiger partial charge in [-0.25, -0.2) is 4.98 Å². The molecule has 0 unspecified atom stereocenters. The van der Waals surface area contributed by atoms with Crippen molar-refractivity contribution >= 4 is 26.8 Å². The van der Waals surface area contributed by atoms with Crippen LogP contribution in [0.1, 0.15) is 18.9 Å². The maximum Gasteiger partial charge on any atom is 0.258 e. The summed E-state index contributed by atoms with van der Waals surface area (Å²) >= 11 is 3.30. The van der Waals surface area contributed by atoms with E-state index in [4.69, 9.17) is 0 Å². The van der Waals surface area contributed by atoms with Crippen molar-refractivity contribution in [3.8, 4) is 0 Å². The summed E-state index contributed by atoms with van der Waals surface area (Å²) in [6.07, 6.45) is -0.777.